The van der Waals surface area contributed by atoms with Crippen LogP contribution in [0.1, 0.15) is 16.1 Å². The van der Waals surface area contributed by atoms with Gasteiger partial charge < -0.3 is 25.5 Å². The van der Waals surface area contributed by atoms with Crippen LogP contribution in [0.2, 0.25) is 5.02 Å². The van der Waals surface area contributed by atoms with E-state index in [9.17, 15) is 9.90 Å². The Morgan fingerprint density at radius 2 is 1.80 bits per heavy atom. The number of hydrogen-bond donors (Lipinski definition) is 3. The van der Waals surface area contributed by atoms with Gasteiger partial charge in [0.1, 0.15) is 11.4 Å². The molecule has 10 nitrogen and oxygen atoms in total. The summed E-state index contributed by atoms with van der Waals surface area (Å²) in [4.78, 5) is 26.6. The van der Waals surface area contributed by atoms with Crippen LogP contribution < -0.4 is 15.5 Å². The van der Waals surface area contributed by atoms with Crippen molar-refractivity contribution >= 4 is 34.8 Å². The van der Waals surface area contributed by atoms with Crippen LogP contribution in [0, 0.1) is 0 Å². The highest BCUT2D eigenvalue weighted by Gasteiger charge is 2.20. The van der Waals surface area contributed by atoms with Gasteiger partial charge in [0.15, 0.2) is 0 Å². The van der Waals surface area contributed by atoms with Crippen LogP contribution in [0.25, 0.3) is 11.4 Å². The molecule has 1 aliphatic heterocycles. The van der Waals surface area contributed by atoms with Gasteiger partial charge >= 0.3 is 0 Å². The van der Waals surface area contributed by atoms with Crippen molar-refractivity contribution in [3.63, 3.8) is 0 Å². The van der Waals surface area contributed by atoms with E-state index in [1.54, 1.807) is 25.4 Å². The molecule has 1 aliphatic rings. The predicted molar refractivity (Wildman–Crippen MR) is 157 cm³/mol. The van der Waals surface area contributed by atoms with Gasteiger partial charge in [-0.05, 0) is 49.4 Å². The molecule has 1 saturated heterocycles. The number of carbonyl (C=O) groups excluding carboxylic acids is 1. The van der Waals surface area contributed by atoms with Crippen molar-refractivity contribution in [1.82, 2.24) is 30.0 Å². The fourth-order valence-electron chi connectivity index (χ4n) is 4.70. The zero-order valence-corrected chi connectivity index (χ0v) is 23.3. The number of amides is 1. The van der Waals surface area contributed by atoms with E-state index in [-0.39, 0.29) is 12.5 Å². The fraction of sp³-hybridized carbons (Fsp3) is 0.310. The summed E-state index contributed by atoms with van der Waals surface area (Å²) >= 11 is 6.63. The molecular formula is C29H33ClN8O2. The third-order valence-electron chi connectivity index (χ3n) is 6.96. The van der Waals surface area contributed by atoms with Crippen molar-refractivity contribution < 1.29 is 9.90 Å². The minimum atomic E-state index is -0.419. The third-order valence-corrected chi connectivity index (χ3v) is 7.26. The second kappa shape index (κ2) is 12.5. The van der Waals surface area contributed by atoms with Crippen LogP contribution in [0.3, 0.4) is 0 Å². The Morgan fingerprint density at radius 3 is 2.52 bits per heavy atom. The number of aliphatic hydroxyl groups is 1. The number of likely N-dealkylation sites (N-methyl/N-ethyl adjacent to an activating group) is 1. The number of benzene rings is 2. The van der Waals surface area contributed by atoms with Crippen LogP contribution in [0.15, 0.2) is 66.9 Å². The van der Waals surface area contributed by atoms with Crippen molar-refractivity contribution in [3.8, 4) is 11.4 Å². The quantitative estimate of drug-likeness (QED) is 0.286. The molecule has 1 fully saturated rings. The summed E-state index contributed by atoms with van der Waals surface area (Å²) < 4.78 is 1.51. The lowest BCUT2D eigenvalue weighted by Gasteiger charge is -2.34. The molecule has 0 aliphatic carbocycles. The van der Waals surface area contributed by atoms with E-state index in [0.29, 0.717) is 34.5 Å². The first kappa shape index (κ1) is 27.6. The molecule has 0 spiro atoms. The highest BCUT2D eigenvalue weighted by molar-refractivity contribution is 6.33. The average molecular weight is 561 g/mol. The molecule has 11 heteroatoms. The molecule has 0 saturated carbocycles. The first-order valence-corrected chi connectivity index (χ1v) is 13.6. The number of nitrogens with zero attached hydrogens (tertiary/aromatic N) is 6. The smallest absolute Gasteiger partial charge is 0.269 e. The van der Waals surface area contributed by atoms with E-state index in [1.807, 2.05) is 48.5 Å². The van der Waals surface area contributed by atoms with Gasteiger partial charge in [0.05, 0.1) is 29.1 Å². The van der Waals surface area contributed by atoms with Gasteiger partial charge in [-0.1, -0.05) is 41.9 Å². The number of aromatic nitrogens is 4. The summed E-state index contributed by atoms with van der Waals surface area (Å²) in [7, 11) is 3.83. The monoisotopic (exact) mass is 560 g/mol. The van der Waals surface area contributed by atoms with E-state index >= 15 is 0 Å². The van der Waals surface area contributed by atoms with Gasteiger partial charge in [-0.2, -0.15) is 5.10 Å². The van der Waals surface area contributed by atoms with E-state index in [2.05, 4.69) is 42.5 Å². The Morgan fingerprint density at radius 1 is 1.02 bits per heavy atom. The molecule has 1 atom stereocenters. The fourth-order valence-corrected chi connectivity index (χ4v) is 5.00. The van der Waals surface area contributed by atoms with E-state index in [1.165, 1.54) is 4.68 Å². The largest absolute Gasteiger partial charge is 0.394 e. The van der Waals surface area contributed by atoms with E-state index in [0.717, 1.165) is 43.1 Å². The number of carbonyl (C=O) groups is 1. The van der Waals surface area contributed by atoms with Crippen molar-refractivity contribution in [1.29, 1.82) is 0 Å². The van der Waals surface area contributed by atoms with Gasteiger partial charge in [-0.15, -0.1) is 0 Å². The highest BCUT2D eigenvalue weighted by atomic mass is 35.5. The van der Waals surface area contributed by atoms with Gasteiger partial charge in [0.25, 0.3) is 5.91 Å². The number of nitrogens with one attached hydrogen (secondary N) is 2. The summed E-state index contributed by atoms with van der Waals surface area (Å²) in [5.41, 5.74) is 4.28. The molecule has 3 heterocycles. The molecule has 0 radical (unpaired) electrons. The minimum absolute atomic E-state index is 0.174. The van der Waals surface area contributed by atoms with E-state index in [4.69, 9.17) is 11.6 Å². The molecule has 2 aromatic heterocycles. The SMILES string of the molecule is CN1CCN(c2ccc(Nc3nccc(-c4cc(C(=O)NC(CO)Cc5ccccc5)n(C)n4)n3)cc2Cl)CC1. The van der Waals surface area contributed by atoms with Crippen LogP contribution in [-0.4, -0.2) is 81.5 Å². The van der Waals surface area contributed by atoms with Gasteiger partial charge in [-0.3, -0.25) is 9.48 Å². The number of hydrogen-bond acceptors (Lipinski definition) is 8. The van der Waals surface area contributed by atoms with Crippen LogP contribution >= 0.6 is 11.6 Å². The molecule has 5 rings (SSSR count). The Labute approximate surface area is 238 Å². The molecule has 4 aromatic rings. The van der Waals surface area contributed by atoms with Crippen molar-refractivity contribution in [2.45, 2.75) is 12.5 Å². The van der Waals surface area contributed by atoms with Crippen molar-refractivity contribution in [2.24, 2.45) is 7.05 Å². The van der Waals surface area contributed by atoms with Gasteiger partial charge in [-0.25, -0.2) is 9.97 Å². The van der Waals surface area contributed by atoms with Crippen LogP contribution in [0.4, 0.5) is 17.3 Å². The van der Waals surface area contributed by atoms with Crippen molar-refractivity contribution in [3.05, 3.63) is 83.1 Å². The molecule has 40 heavy (non-hydrogen) atoms. The minimum Gasteiger partial charge on any atom is -0.394 e. The maximum atomic E-state index is 13.0. The summed E-state index contributed by atoms with van der Waals surface area (Å²) in [6.45, 7) is 3.71. The molecule has 1 unspecified atom stereocenters. The number of aryl methyl sites for hydroxylation is 1. The predicted octanol–water partition coefficient (Wildman–Crippen LogP) is 3.36. The number of aliphatic hydroxyl groups excluding tert-OH is 1. The standard InChI is InChI=1S/C29H33ClN8O2/c1-36-12-14-38(15-13-36)26-9-8-21(17-23(26)30)33-29-31-11-10-24(34-29)25-18-27(37(2)35-25)28(40)32-22(19-39)16-20-6-4-3-5-7-20/h3-11,17-18,22,39H,12-16,19H2,1-2H3,(H,32,40)(H,31,33,34). The van der Waals surface area contributed by atoms with Crippen molar-refractivity contribution in [2.75, 3.05) is 50.1 Å². The Hall–Kier alpha value is -3.99. The lowest BCUT2D eigenvalue weighted by molar-refractivity contribution is 0.0907. The lowest BCUT2D eigenvalue weighted by Crippen LogP contribution is -2.44. The number of piperazine rings is 1. The summed E-state index contributed by atoms with van der Waals surface area (Å²) in [5, 5.41) is 21.1. The van der Waals surface area contributed by atoms with Crippen LogP contribution in [0.5, 0.6) is 0 Å². The first-order valence-electron chi connectivity index (χ1n) is 13.2. The first-order chi connectivity index (χ1) is 19.4. The number of anilines is 3. The zero-order valence-electron chi connectivity index (χ0n) is 22.6. The maximum Gasteiger partial charge on any atom is 0.269 e. The zero-order chi connectivity index (χ0) is 28.1. The average Bonchev–Trinajstić information content (AvgIpc) is 3.36. The Bertz CT molecular complexity index is 1450. The molecule has 3 N–H and O–H groups in total. The molecular weight excluding hydrogens is 528 g/mol. The second-order valence-electron chi connectivity index (χ2n) is 9.93. The second-order valence-corrected chi connectivity index (χ2v) is 10.3. The summed E-state index contributed by atoms with van der Waals surface area (Å²) in [6.07, 6.45) is 2.16. The summed E-state index contributed by atoms with van der Waals surface area (Å²) in [5.74, 6) is 0.0690. The number of rotatable bonds is 9. The normalized spacial score (nSPS) is 14.7. The Balaban J connectivity index is 1.26. The maximum absolute atomic E-state index is 13.0. The van der Waals surface area contributed by atoms with Gasteiger partial charge in [0, 0.05) is 45.1 Å². The number of halogens is 1. The van der Waals surface area contributed by atoms with Gasteiger partial charge in [0.2, 0.25) is 5.95 Å². The lowest BCUT2D eigenvalue weighted by atomic mass is 10.1. The molecule has 208 valence electrons. The molecule has 0 bridgehead atoms. The third kappa shape index (κ3) is 6.59. The van der Waals surface area contributed by atoms with E-state index < -0.39 is 6.04 Å². The highest BCUT2D eigenvalue weighted by Crippen LogP contribution is 2.30. The van der Waals surface area contributed by atoms with Crippen LogP contribution in [-0.2, 0) is 13.5 Å². The Kier molecular flexibility index (Phi) is 8.59. The topological polar surface area (TPSA) is 111 Å². The summed E-state index contributed by atoms with van der Waals surface area (Å²) in [6, 6.07) is 18.6. The molecule has 1 amide bonds. The molecule has 2 aromatic carbocycles.